The predicted molar refractivity (Wildman–Crippen MR) is 115 cm³/mol. The zero-order valence-corrected chi connectivity index (χ0v) is 18.6. The lowest BCUT2D eigenvalue weighted by molar-refractivity contribution is -0.172. The monoisotopic (exact) mass is 452 g/mol. The number of carbonyl (C=O) groups excluding carboxylic acids is 3. The molecular formula is C24H30F2O6. The molecule has 0 unspecified atom stereocenters. The van der Waals surface area contributed by atoms with Crippen LogP contribution in [-0.4, -0.2) is 37.7 Å². The molecule has 176 valence electrons. The number of ether oxygens (including phenoxy) is 3. The van der Waals surface area contributed by atoms with Crippen molar-refractivity contribution >= 4 is 17.9 Å². The molecular weight excluding hydrogens is 422 g/mol. The van der Waals surface area contributed by atoms with Crippen molar-refractivity contribution in [2.75, 3.05) is 19.8 Å². The summed E-state index contributed by atoms with van der Waals surface area (Å²) < 4.78 is 43.5. The molecule has 0 aliphatic rings. The van der Waals surface area contributed by atoms with E-state index in [0.29, 0.717) is 6.42 Å². The Morgan fingerprint density at radius 3 is 1.97 bits per heavy atom. The van der Waals surface area contributed by atoms with Gasteiger partial charge in [0, 0.05) is 12.0 Å². The second-order valence-corrected chi connectivity index (χ2v) is 7.23. The third kappa shape index (κ3) is 7.59. The minimum absolute atomic E-state index is 0.0600. The Balaban J connectivity index is 3.28. The van der Waals surface area contributed by atoms with Gasteiger partial charge in [-0.3, -0.25) is 14.4 Å². The zero-order chi connectivity index (χ0) is 24.1. The molecule has 0 amide bonds. The molecule has 32 heavy (non-hydrogen) atoms. The Labute approximate surface area is 187 Å². The fourth-order valence-corrected chi connectivity index (χ4v) is 3.14. The molecule has 0 saturated heterocycles. The van der Waals surface area contributed by atoms with Crippen molar-refractivity contribution in [3.8, 4) is 0 Å². The van der Waals surface area contributed by atoms with Gasteiger partial charge in [-0.15, -0.1) is 0 Å². The van der Waals surface area contributed by atoms with Crippen LogP contribution in [0.2, 0.25) is 0 Å². The Kier molecular flexibility index (Phi) is 11.3. The van der Waals surface area contributed by atoms with E-state index < -0.39 is 35.0 Å². The molecule has 1 aromatic carbocycles. The van der Waals surface area contributed by atoms with Gasteiger partial charge >= 0.3 is 17.9 Å². The molecule has 1 rings (SSSR count). The van der Waals surface area contributed by atoms with Gasteiger partial charge in [-0.2, -0.15) is 0 Å². The SMILES string of the molecule is C=CCOC(=O)C(CCCCC(=O)OCC)(Cc1cc(F)c(C)c(F)c1)C(=O)OCC=C. The van der Waals surface area contributed by atoms with Crippen LogP contribution in [0.25, 0.3) is 0 Å². The van der Waals surface area contributed by atoms with E-state index in [2.05, 4.69) is 13.2 Å². The summed E-state index contributed by atoms with van der Waals surface area (Å²) in [6, 6.07) is 2.15. The van der Waals surface area contributed by atoms with E-state index in [1.54, 1.807) is 6.92 Å². The summed E-state index contributed by atoms with van der Waals surface area (Å²) >= 11 is 0. The molecule has 0 atom stereocenters. The van der Waals surface area contributed by atoms with Gasteiger partial charge in [0.25, 0.3) is 0 Å². The third-order valence-electron chi connectivity index (χ3n) is 4.83. The maximum atomic E-state index is 14.1. The van der Waals surface area contributed by atoms with Gasteiger partial charge in [0.05, 0.1) is 6.61 Å². The second-order valence-electron chi connectivity index (χ2n) is 7.23. The van der Waals surface area contributed by atoms with E-state index >= 15 is 0 Å². The molecule has 6 nitrogen and oxygen atoms in total. The lowest BCUT2D eigenvalue weighted by Gasteiger charge is -2.29. The molecule has 0 aliphatic heterocycles. The van der Waals surface area contributed by atoms with Gasteiger partial charge in [-0.05, 0) is 50.8 Å². The zero-order valence-electron chi connectivity index (χ0n) is 18.6. The van der Waals surface area contributed by atoms with Crippen LogP contribution in [-0.2, 0) is 35.0 Å². The molecule has 0 aliphatic carbocycles. The summed E-state index contributed by atoms with van der Waals surface area (Å²) in [4.78, 5) is 37.7. The van der Waals surface area contributed by atoms with Crippen molar-refractivity contribution in [3.05, 3.63) is 60.2 Å². The molecule has 0 N–H and O–H groups in total. The molecule has 0 aromatic heterocycles. The van der Waals surface area contributed by atoms with Crippen molar-refractivity contribution in [2.24, 2.45) is 5.41 Å². The first-order valence-electron chi connectivity index (χ1n) is 10.4. The minimum Gasteiger partial charge on any atom is -0.466 e. The standard InChI is InChI=1S/C24H30F2O6/c1-5-12-31-22(28)24(23(29)32-13-6-2,11-9-8-10-21(27)30-7-3)16-18-14-19(25)17(4)20(26)15-18/h5-6,14-15H,1-2,7-13,16H2,3-4H3. The minimum atomic E-state index is -1.87. The summed E-state index contributed by atoms with van der Waals surface area (Å²) in [5.74, 6) is -3.79. The van der Waals surface area contributed by atoms with E-state index in [9.17, 15) is 23.2 Å². The molecule has 0 radical (unpaired) electrons. The van der Waals surface area contributed by atoms with Crippen LogP contribution in [0.3, 0.4) is 0 Å². The fraction of sp³-hybridized carbons (Fsp3) is 0.458. The van der Waals surface area contributed by atoms with E-state index in [4.69, 9.17) is 14.2 Å². The second kappa shape index (κ2) is 13.4. The Hall–Kier alpha value is -3.03. The van der Waals surface area contributed by atoms with Gasteiger partial charge in [0.15, 0.2) is 5.41 Å². The Morgan fingerprint density at radius 2 is 1.50 bits per heavy atom. The number of hydrogen-bond acceptors (Lipinski definition) is 6. The summed E-state index contributed by atoms with van der Waals surface area (Å²) in [7, 11) is 0. The normalized spacial score (nSPS) is 10.9. The highest BCUT2D eigenvalue weighted by Gasteiger charge is 2.48. The summed E-state index contributed by atoms with van der Waals surface area (Å²) in [6.45, 7) is 9.87. The first-order valence-corrected chi connectivity index (χ1v) is 10.4. The highest BCUT2D eigenvalue weighted by atomic mass is 19.1. The maximum absolute atomic E-state index is 14.1. The third-order valence-corrected chi connectivity index (χ3v) is 4.83. The van der Waals surface area contributed by atoms with Crippen LogP contribution < -0.4 is 0 Å². The average molecular weight is 452 g/mol. The highest BCUT2D eigenvalue weighted by molar-refractivity contribution is 6.00. The molecule has 0 fully saturated rings. The van der Waals surface area contributed by atoms with Crippen LogP contribution in [0, 0.1) is 24.0 Å². The van der Waals surface area contributed by atoms with Crippen molar-refractivity contribution in [1.29, 1.82) is 0 Å². The summed E-state index contributed by atoms with van der Waals surface area (Å²) in [5.41, 5.74) is -1.94. The lowest BCUT2D eigenvalue weighted by Crippen LogP contribution is -2.44. The number of rotatable bonds is 14. The van der Waals surface area contributed by atoms with Gasteiger partial charge in [0.1, 0.15) is 24.8 Å². The van der Waals surface area contributed by atoms with E-state index in [1.165, 1.54) is 19.1 Å². The summed E-state index contributed by atoms with van der Waals surface area (Å²) in [5, 5.41) is 0. The van der Waals surface area contributed by atoms with E-state index in [-0.39, 0.29) is 56.6 Å². The number of benzene rings is 1. The highest BCUT2D eigenvalue weighted by Crippen LogP contribution is 2.34. The van der Waals surface area contributed by atoms with E-state index in [0.717, 1.165) is 12.1 Å². The maximum Gasteiger partial charge on any atom is 0.324 e. The van der Waals surface area contributed by atoms with Crippen LogP contribution in [0.4, 0.5) is 8.78 Å². The van der Waals surface area contributed by atoms with Gasteiger partial charge in [0.2, 0.25) is 0 Å². The fourth-order valence-electron chi connectivity index (χ4n) is 3.14. The number of hydrogen-bond donors (Lipinski definition) is 0. The molecule has 0 heterocycles. The number of carbonyl (C=O) groups is 3. The molecule has 8 heteroatoms. The van der Waals surface area contributed by atoms with Crippen molar-refractivity contribution in [3.63, 3.8) is 0 Å². The van der Waals surface area contributed by atoms with Crippen molar-refractivity contribution in [2.45, 2.75) is 46.0 Å². The Bertz CT molecular complexity index is 787. The quantitative estimate of drug-likeness (QED) is 0.137. The largest absolute Gasteiger partial charge is 0.466 e. The van der Waals surface area contributed by atoms with Crippen LogP contribution >= 0.6 is 0 Å². The van der Waals surface area contributed by atoms with E-state index in [1.807, 2.05) is 0 Å². The van der Waals surface area contributed by atoms with Crippen LogP contribution in [0.1, 0.15) is 43.7 Å². The smallest absolute Gasteiger partial charge is 0.324 e. The molecule has 1 aromatic rings. The van der Waals surface area contributed by atoms with Crippen molar-refractivity contribution < 1.29 is 37.4 Å². The van der Waals surface area contributed by atoms with Gasteiger partial charge in [-0.25, -0.2) is 8.78 Å². The summed E-state index contributed by atoms with van der Waals surface area (Å²) in [6.07, 6.45) is 2.97. The molecule has 0 spiro atoms. The Morgan fingerprint density at radius 1 is 0.969 bits per heavy atom. The van der Waals surface area contributed by atoms with Crippen molar-refractivity contribution in [1.82, 2.24) is 0 Å². The van der Waals surface area contributed by atoms with Crippen LogP contribution in [0.5, 0.6) is 0 Å². The first-order chi connectivity index (χ1) is 15.2. The number of unbranched alkanes of at least 4 members (excludes halogenated alkanes) is 1. The number of esters is 3. The van der Waals surface area contributed by atoms with Gasteiger partial charge < -0.3 is 14.2 Å². The van der Waals surface area contributed by atoms with Crippen LogP contribution in [0.15, 0.2) is 37.4 Å². The molecule has 0 bridgehead atoms. The molecule has 0 saturated carbocycles. The average Bonchev–Trinajstić information content (AvgIpc) is 2.76. The lowest BCUT2D eigenvalue weighted by atomic mass is 9.77. The first kappa shape index (κ1) is 27.0. The topological polar surface area (TPSA) is 78.9 Å². The number of halogens is 2. The predicted octanol–water partition coefficient (Wildman–Crippen LogP) is 4.38. The van der Waals surface area contributed by atoms with Gasteiger partial charge in [-0.1, -0.05) is 31.7 Å².